The summed E-state index contributed by atoms with van der Waals surface area (Å²) in [5.74, 6) is 0. The predicted molar refractivity (Wildman–Crippen MR) is 74.0 cm³/mol. The van der Waals surface area contributed by atoms with Crippen molar-refractivity contribution in [2.75, 3.05) is 13.2 Å². The number of fused-ring (bicyclic) bond motifs is 1. The van der Waals surface area contributed by atoms with E-state index >= 15 is 0 Å². The van der Waals surface area contributed by atoms with Crippen LogP contribution in [0.2, 0.25) is 0 Å². The molecule has 1 aromatic carbocycles. The second-order valence-electron chi connectivity index (χ2n) is 4.94. The van der Waals surface area contributed by atoms with Crippen LogP contribution in [0.1, 0.15) is 12.5 Å². The monoisotopic (exact) mass is 262 g/mol. The largest absolute Gasteiger partial charge is 0.394 e. The summed E-state index contributed by atoms with van der Waals surface area (Å²) in [7, 11) is 0. The van der Waals surface area contributed by atoms with E-state index in [0.717, 1.165) is 10.9 Å². The molecule has 0 aliphatic rings. The molecule has 4 N–H and O–H groups in total. The number of aliphatic hydroxyl groups is 2. The molecule has 19 heavy (non-hydrogen) atoms. The van der Waals surface area contributed by atoms with Gasteiger partial charge in [-0.2, -0.15) is 0 Å². The molecule has 2 aromatic rings. The van der Waals surface area contributed by atoms with Gasteiger partial charge < -0.3 is 20.5 Å². The summed E-state index contributed by atoms with van der Waals surface area (Å²) in [6.07, 6.45) is 0. The lowest BCUT2D eigenvalue weighted by Crippen LogP contribution is -2.49. The second-order valence-corrected chi connectivity index (χ2v) is 4.94. The molecule has 0 saturated heterocycles. The van der Waals surface area contributed by atoms with Crippen molar-refractivity contribution in [1.29, 1.82) is 0 Å². The molecule has 1 heterocycles. The Hall–Kier alpha value is -1.69. The fourth-order valence-electron chi connectivity index (χ4n) is 1.79. The van der Waals surface area contributed by atoms with Gasteiger partial charge in [-0.05, 0) is 24.4 Å². The van der Waals surface area contributed by atoms with Crippen molar-refractivity contribution in [1.82, 2.24) is 10.3 Å². The number of aromatic nitrogens is 1. The van der Waals surface area contributed by atoms with Crippen LogP contribution in [0.25, 0.3) is 10.9 Å². The maximum absolute atomic E-state index is 11.9. The van der Waals surface area contributed by atoms with Crippen molar-refractivity contribution in [3.63, 3.8) is 0 Å². The molecule has 102 valence electrons. The highest BCUT2D eigenvalue weighted by Crippen LogP contribution is 2.10. The Labute approximate surface area is 110 Å². The maximum Gasteiger partial charge on any atom is 0.252 e. The molecule has 0 amide bonds. The third-order valence-electron chi connectivity index (χ3n) is 3.23. The molecule has 0 atom stereocenters. The standard InChI is InChI=1S/C14H18N2O3/c1-14(8-17,9-18)15-7-11-6-10-4-2-3-5-12(10)16-13(11)19/h2-6,15,17-18H,7-9H2,1H3,(H,16,19). The number of hydrogen-bond donors (Lipinski definition) is 4. The highest BCUT2D eigenvalue weighted by atomic mass is 16.3. The molecule has 0 aliphatic carbocycles. The quantitative estimate of drug-likeness (QED) is 0.627. The van der Waals surface area contributed by atoms with Crippen LogP contribution in [-0.4, -0.2) is 33.9 Å². The molecule has 0 spiro atoms. The van der Waals surface area contributed by atoms with Crippen molar-refractivity contribution < 1.29 is 10.2 Å². The first-order chi connectivity index (χ1) is 9.08. The fraction of sp³-hybridized carbons (Fsp3) is 0.357. The van der Waals surface area contributed by atoms with E-state index in [2.05, 4.69) is 10.3 Å². The Morgan fingerprint density at radius 2 is 1.95 bits per heavy atom. The SMILES string of the molecule is CC(CO)(CO)NCc1cc2ccccc2[nH]c1=O. The minimum Gasteiger partial charge on any atom is -0.394 e. The van der Waals surface area contributed by atoms with E-state index in [0.29, 0.717) is 5.56 Å². The van der Waals surface area contributed by atoms with E-state index < -0.39 is 5.54 Å². The number of para-hydroxylation sites is 1. The minimum atomic E-state index is -0.794. The van der Waals surface area contributed by atoms with Crippen LogP contribution in [0.5, 0.6) is 0 Å². The molecule has 5 heteroatoms. The lowest BCUT2D eigenvalue weighted by Gasteiger charge is -2.26. The molecule has 5 nitrogen and oxygen atoms in total. The Bertz CT molecular complexity index is 617. The molecular weight excluding hydrogens is 244 g/mol. The molecule has 0 saturated carbocycles. The van der Waals surface area contributed by atoms with Crippen molar-refractivity contribution in [2.24, 2.45) is 0 Å². The number of H-pyrrole nitrogens is 1. The van der Waals surface area contributed by atoms with E-state index in [1.165, 1.54) is 0 Å². The van der Waals surface area contributed by atoms with Gasteiger partial charge in [-0.15, -0.1) is 0 Å². The van der Waals surface area contributed by atoms with Gasteiger partial charge >= 0.3 is 0 Å². The Morgan fingerprint density at radius 3 is 2.63 bits per heavy atom. The Balaban J connectivity index is 2.26. The summed E-state index contributed by atoms with van der Waals surface area (Å²) in [6, 6.07) is 9.36. The molecule has 1 aromatic heterocycles. The number of pyridine rings is 1. The second kappa shape index (κ2) is 5.52. The summed E-state index contributed by atoms with van der Waals surface area (Å²) in [5.41, 5.74) is 0.414. The van der Waals surface area contributed by atoms with Crippen molar-refractivity contribution in [3.8, 4) is 0 Å². The zero-order valence-electron chi connectivity index (χ0n) is 10.8. The smallest absolute Gasteiger partial charge is 0.252 e. The summed E-state index contributed by atoms with van der Waals surface area (Å²) < 4.78 is 0. The minimum absolute atomic E-state index is 0.163. The van der Waals surface area contributed by atoms with Crippen LogP contribution in [0.3, 0.4) is 0 Å². The molecule has 0 bridgehead atoms. The van der Waals surface area contributed by atoms with E-state index in [1.54, 1.807) is 6.92 Å². The average Bonchev–Trinajstić information content (AvgIpc) is 2.44. The zero-order valence-corrected chi connectivity index (χ0v) is 10.8. The van der Waals surface area contributed by atoms with Gasteiger partial charge in [0.15, 0.2) is 0 Å². The number of rotatable bonds is 5. The first-order valence-electron chi connectivity index (χ1n) is 6.16. The van der Waals surface area contributed by atoms with Gasteiger partial charge in [0.2, 0.25) is 0 Å². The van der Waals surface area contributed by atoms with Crippen molar-refractivity contribution in [2.45, 2.75) is 19.0 Å². The van der Waals surface area contributed by atoms with Gasteiger partial charge in [0.1, 0.15) is 0 Å². The Kier molecular flexibility index (Phi) is 3.99. The molecule has 0 unspecified atom stereocenters. The van der Waals surface area contributed by atoms with Crippen LogP contribution in [-0.2, 0) is 6.54 Å². The number of aromatic amines is 1. The van der Waals surface area contributed by atoms with Crippen LogP contribution in [0, 0.1) is 0 Å². The topological polar surface area (TPSA) is 85.3 Å². The van der Waals surface area contributed by atoms with Gasteiger partial charge in [0.25, 0.3) is 5.56 Å². The first-order valence-corrected chi connectivity index (χ1v) is 6.16. The summed E-state index contributed by atoms with van der Waals surface area (Å²) in [5, 5.41) is 22.3. The summed E-state index contributed by atoms with van der Waals surface area (Å²) in [4.78, 5) is 14.7. The third kappa shape index (κ3) is 3.01. The molecule has 0 fully saturated rings. The molecular formula is C14H18N2O3. The fourth-order valence-corrected chi connectivity index (χ4v) is 1.79. The van der Waals surface area contributed by atoms with Crippen LogP contribution in [0.15, 0.2) is 35.1 Å². The predicted octanol–water partition coefficient (Wildman–Crippen LogP) is 0.361. The van der Waals surface area contributed by atoms with Gasteiger partial charge in [-0.1, -0.05) is 18.2 Å². The molecule has 0 radical (unpaired) electrons. The van der Waals surface area contributed by atoms with E-state index in [-0.39, 0.29) is 25.3 Å². The van der Waals surface area contributed by atoms with Crippen LogP contribution in [0.4, 0.5) is 0 Å². The lowest BCUT2D eigenvalue weighted by molar-refractivity contribution is 0.103. The third-order valence-corrected chi connectivity index (χ3v) is 3.23. The van der Waals surface area contributed by atoms with E-state index in [1.807, 2.05) is 30.3 Å². The Morgan fingerprint density at radius 1 is 1.26 bits per heavy atom. The number of hydrogen-bond acceptors (Lipinski definition) is 4. The van der Waals surface area contributed by atoms with Crippen LogP contribution >= 0.6 is 0 Å². The summed E-state index contributed by atoms with van der Waals surface area (Å²) in [6.45, 7) is 1.59. The normalized spacial score (nSPS) is 11.9. The molecule has 2 rings (SSSR count). The number of nitrogens with one attached hydrogen (secondary N) is 2. The van der Waals surface area contributed by atoms with E-state index in [4.69, 9.17) is 0 Å². The highest BCUT2D eigenvalue weighted by molar-refractivity contribution is 5.78. The van der Waals surface area contributed by atoms with Gasteiger partial charge in [-0.25, -0.2) is 0 Å². The van der Waals surface area contributed by atoms with Crippen LogP contribution < -0.4 is 10.9 Å². The molecule has 0 aliphatic heterocycles. The van der Waals surface area contributed by atoms with Crippen molar-refractivity contribution in [3.05, 3.63) is 46.2 Å². The zero-order chi connectivity index (χ0) is 13.9. The van der Waals surface area contributed by atoms with Gasteiger partial charge in [-0.3, -0.25) is 4.79 Å². The summed E-state index contributed by atoms with van der Waals surface area (Å²) >= 11 is 0. The number of aliphatic hydroxyl groups excluding tert-OH is 2. The van der Waals surface area contributed by atoms with Gasteiger partial charge in [0, 0.05) is 17.6 Å². The van der Waals surface area contributed by atoms with E-state index in [9.17, 15) is 15.0 Å². The highest BCUT2D eigenvalue weighted by Gasteiger charge is 2.21. The average molecular weight is 262 g/mol. The number of benzene rings is 1. The van der Waals surface area contributed by atoms with Gasteiger partial charge in [0.05, 0.1) is 18.8 Å². The lowest BCUT2D eigenvalue weighted by atomic mass is 10.0. The maximum atomic E-state index is 11.9. The van der Waals surface area contributed by atoms with Crippen molar-refractivity contribution >= 4 is 10.9 Å². The first kappa shape index (κ1) is 13.7.